The SMILES string of the molecule is CCc1ccsc1C(=O)Nc1ccc(Br)c2ccccc12. The molecule has 106 valence electrons. The number of aryl methyl sites for hydroxylation is 1. The summed E-state index contributed by atoms with van der Waals surface area (Å²) < 4.78 is 1.03. The van der Waals surface area contributed by atoms with Crippen LogP contribution < -0.4 is 5.32 Å². The number of amides is 1. The molecule has 0 aliphatic heterocycles. The van der Waals surface area contributed by atoms with E-state index in [4.69, 9.17) is 0 Å². The molecule has 0 aliphatic rings. The average molecular weight is 360 g/mol. The molecule has 1 heterocycles. The smallest absolute Gasteiger partial charge is 0.266 e. The lowest BCUT2D eigenvalue weighted by Crippen LogP contribution is -2.12. The van der Waals surface area contributed by atoms with Gasteiger partial charge in [0.05, 0.1) is 4.88 Å². The van der Waals surface area contributed by atoms with Crippen molar-refractivity contribution in [3.8, 4) is 0 Å². The number of hydrogen-bond acceptors (Lipinski definition) is 2. The Morgan fingerprint density at radius 2 is 1.90 bits per heavy atom. The maximum atomic E-state index is 12.5. The Kier molecular flexibility index (Phi) is 4.08. The van der Waals surface area contributed by atoms with Gasteiger partial charge in [0.2, 0.25) is 0 Å². The van der Waals surface area contributed by atoms with E-state index in [-0.39, 0.29) is 5.91 Å². The van der Waals surface area contributed by atoms with Crippen LogP contribution in [0.25, 0.3) is 10.8 Å². The van der Waals surface area contributed by atoms with Crippen LogP contribution in [0.5, 0.6) is 0 Å². The van der Waals surface area contributed by atoms with Crippen LogP contribution in [0.3, 0.4) is 0 Å². The number of nitrogens with one attached hydrogen (secondary N) is 1. The fourth-order valence-corrected chi connectivity index (χ4v) is 3.73. The molecule has 2 nitrogen and oxygen atoms in total. The number of benzene rings is 2. The molecule has 0 radical (unpaired) electrons. The van der Waals surface area contributed by atoms with Crippen LogP contribution in [-0.2, 0) is 6.42 Å². The van der Waals surface area contributed by atoms with Crippen molar-refractivity contribution in [3.05, 3.63) is 62.8 Å². The van der Waals surface area contributed by atoms with Gasteiger partial charge in [0.15, 0.2) is 0 Å². The van der Waals surface area contributed by atoms with Gasteiger partial charge >= 0.3 is 0 Å². The number of halogens is 1. The molecule has 4 heteroatoms. The average Bonchev–Trinajstić information content (AvgIpc) is 2.99. The van der Waals surface area contributed by atoms with E-state index in [2.05, 4.69) is 28.2 Å². The number of carbonyl (C=O) groups is 1. The Morgan fingerprint density at radius 3 is 2.67 bits per heavy atom. The van der Waals surface area contributed by atoms with E-state index in [1.165, 1.54) is 11.3 Å². The molecule has 0 saturated carbocycles. The molecule has 1 aromatic heterocycles. The van der Waals surface area contributed by atoms with Gasteiger partial charge in [-0.15, -0.1) is 11.3 Å². The second kappa shape index (κ2) is 6.00. The van der Waals surface area contributed by atoms with Gasteiger partial charge in [-0.2, -0.15) is 0 Å². The summed E-state index contributed by atoms with van der Waals surface area (Å²) in [6, 6.07) is 13.9. The zero-order chi connectivity index (χ0) is 14.8. The third kappa shape index (κ3) is 2.74. The first-order chi connectivity index (χ1) is 10.2. The van der Waals surface area contributed by atoms with Gasteiger partial charge < -0.3 is 5.32 Å². The number of rotatable bonds is 3. The third-order valence-electron chi connectivity index (χ3n) is 3.45. The van der Waals surface area contributed by atoms with Gasteiger partial charge in [0.1, 0.15) is 0 Å². The molecular formula is C17H14BrNOS. The molecule has 0 unspecified atom stereocenters. The van der Waals surface area contributed by atoms with Gasteiger partial charge in [-0.25, -0.2) is 0 Å². The Balaban J connectivity index is 1.99. The second-order valence-electron chi connectivity index (χ2n) is 4.72. The van der Waals surface area contributed by atoms with Gasteiger partial charge in [0, 0.05) is 15.5 Å². The monoisotopic (exact) mass is 359 g/mol. The molecule has 0 spiro atoms. The van der Waals surface area contributed by atoms with Crippen LogP contribution >= 0.6 is 27.3 Å². The topological polar surface area (TPSA) is 29.1 Å². The van der Waals surface area contributed by atoms with E-state index < -0.39 is 0 Å². The highest BCUT2D eigenvalue weighted by molar-refractivity contribution is 9.10. The second-order valence-corrected chi connectivity index (χ2v) is 6.49. The minimum atomic E-state index is -0.0330. The quantitative estimate of drug-likeness (QED) is 0.659. The number of anilines is 1. The molecule has 0 aliphatic carbocycles. The molecule has 1 N–H and O–H groups in total. The normalized spacial score (nSPS) is 10.8. The largest absolute Gasteiger partial charge is 0.321 e. The molecule has 21 heavy (non-hydrogen) atoms. The number of fused-ring (bicyclic) bond motifs is 1. The van der Waals surface area contributed by atoms with Gasteiger partial charge in [-0.05, 0) is 40.9 Å². The molecular weight excluding hydrogens is 346 g/mol. The van der Waals surface area contributed by atoms with Crippen LogP contribution in [-0.4, -0.2) is 5.91 Å². The van der Waals surface area contributed by atoms with Crippen LogP contribution in [0.2, 0.25) is 0 Å². The van der Waals surface area contributed by atoms with Crippen LogP contribution in [0.15, 0.2) is 52.3 Å². The molecule has 3 aromatic rings. The maximum absolute atomic E-state index is 12.5. The fraction of sp³-hybridized carbons (Fsp3) is 0.118. The van der Waals surface area contributed by atoms with Gasteiger partial charge in [0.25, 0.3) is 5.91 Å². The van der Waals surface area contributed by atoms with Gasteiger partial charge in [-0.3, -0.25) is 4.79 Å². The number of carbonyl (C=O) groups excluding carboxylic acids is 1. The van der Waals surface area contributed by atoms with Crippen LogP contribution in [0.1, 0.15) is 22.2 Å². The standard InChI is InChI=1S/C17H14BrNOS/c1-2-11-9-10-21-16(11)17(20)19-15-8-7-14(18)12-5-3-4-6-13(12)15/h3-10H,2H2,1H3,(H,19,20). The summed E-state index contributed by atoms with van der Waals surface area (Å²) in [5.41, 5.74) is 1.94. The van der Waals surface area contributed by atoms with Crippen molar-refractivity contribution in [1.82, 2.24) is 0 Å². The molecule has 2 aromatic carbocycles. The molecule has 0 bridgehead atoms. The summed E-state index contributed by atoms with van der Waals surface area (Å²) in [4.78, 5) is 13.3. The Morgan fingerprint density at radius 1 is 1.14 bits per heavy atom. The summed E-state index contributed by atoms with van der Waals surface area (Å²) in [6.45, 7) is 2.06. The Hall–Kier alpha value is -1.65. The van der Waals surface area contributed by atoms with E-state index in [0.717, 1.165) is 37.8 Å². The van der Waals surface area contributed by atoms with Crippen molar-refractivity contribution in [2.45, 2.75) is 13.3 Å². The predicted octanol–water partition coefficient (Wildman–Crippen LogP) is 5.48. The molecule has 0 atom stereocenters. The summed E-state index contributed by atoms with van der Waals surface area (Å²) >= 11 is 5.04. The molecule has 3 rings (SSSR count). The minimum Gasteiger partial charge on any atom is -0.321 e. The van der Waals surface area contributed by atoms with E-state index in [9.17, 15) is 4.79 Å². The first kappa shape index (κ1) is 14.3. The lowest BCUT2D eigenvalue weighted by molar-refractivity contribution is 0.103. The van der Waals surface area contributed by atoms with Crippen molar-refractivity contribution in [3.63, 3.8) is 0 Å². The summed E-state index contributed by atoms with van der Waals surface area (Å²) in [6.07, 6.45) is 0.868. The van der Waals surface area contributed by atoms with Crippen LogP contribution in [0, 0.1) is 0 Å². The van der Waals surface area contributed by atoms with E-state index >= 15 is 0 Å². The number of thiophene rings is 1. The third-order valence-corrected chi connectivity index (χ3v) is 5.10. The number of hydrogen-bond donors (Lipinski definition) is 1. The van der Waals surface area contributed by atoms with Crippen molar-refractivity contribution >= 4 is 49.6 Å². The first-order valence-corrected chi connectivity index (χ1v) is 8.43. The zero-order valence-electron chi connectivity index (χ0n) is 11.5. The maximum Gasteiger partial charge on any atom is 0.266 e. The van der Waals surface area contributed by atoms with E-state index in [0.29, 0.717) is 0 Å². The lowest BCUT2D eigenvalue weighted by Gasteiger charge is -2.10. The fourth-order valence-electron chi connectivity index (χ4n) is 2.36. The van der Waals surface area contributed by atoms with Crippen molar-refractivity contribution in [1.29, 1.82) is 0 Å². The highest BCUT2D eigenvalue weighted by Crippen LogP contribution is 2.30. The Bertz CT molecular complexity index is 809. The summed E-state index contributed by atoms with van der Waals surface area (Å²) in [5.74, 6) is -0.0330. The highest BCUT2D eigenvalue weighted by atomic mass is 79.9. The van der Waals surface area contributed by atoms with Crippen LogP contribution in [0.4, 0.5) is 5.69 Å². The zero-order valence-corrected chi connectivity index (χ0v) is 13.9. The predicted molar refractivity (Wildman–Crippen MR) is 93.3 cm³/mol. The van der Waals surface area contributed by atoms with Crippen molar-refractivity contribution in [2.24, 2.45) is 0 Å². The lowest BCUT2D eigenvalue weighted by atomic mass is 10.1. The minimum absolute atomic E-state index is 0.0330. The van der Waals surface area contributed by atoms with E-state index in [1.807, 2.05) is 47.8 Å². The molecule has 1 amide bonds. The van der Waals surface area contributed by atoms with Crippen molar-refractivity contribution < 1.29 is 4.79 Å². The van der Waals surface area contributed by atoms with Crippen molar-refractivity contribution in [2.75, 3.05) is 5.32 Å². The highest BCUT2D eigenvalue weighted by Gasteiger charge is 2.13. The van der Waals surface area contributed by atoms with Gasteiger partial charge in [-0.1, -0.05) is 47.1 Å². The molecule has 0 saturated heterocycles. The Labute approximate surface area is 135 Å². The van der Waals surface area contributed by atoms with E-state index in [1.54, 1.807) is 0 Å². The first-order valence-electron chi connectivity index (χ1n) is 6.75. The molecule has 0 fully saturated rings. The summed E-state index contributed by atoms with van der Waals surface area (Å²) in [5, 5.41) is 7.14. The summed E-state index contributed by atoms with van der Waals surface area (Å²) in [7, 11) is 0.